The molecule has 5 heteroatoms. The molecule has 128 valence electrons. The highest BCUT2D eigenvalue weighted by atomic mass is 16.5. The lowest BCUT2D eigenvalue weighted by molar-refractivity contribution is 0.0593. The molecule has 0 amide bonds. The second-order valence-electron chi connectivity index (χ2n) is 7.11. The zero-order valence-corrected chi connectivity index (χ0v) is 14.7. The molecule has 0 radical (unpaired) electrons. The number of aromatic nitrogens is 3. The second kappa shape index (κ2) is 5.69. The van der Waals surface area contributed by atoms with Crippen LogP contribution in [0, 0.1) is 6.92 Å². The third-order valence-electron chi connectivity index (χ3n) is 5.01. The average molecular weight is 335 g/mol. The molecule has 1 saturated carbocycles. The van der Waals surface area contributed by atoms with E-state index in [9.17, 15) is 4.79 Å². The van der Waals surface area contributed by atoms with Crippen LogP contribution in [0.5, 0.6) is 0 Å². The SMILES string of the molecule is COC(=O)c1cccc(Cc2c(C3(C)CC3)nn3cc(C)ccc23)n1. The molecule has 0 saturated heterocycles. The van der Waals surface area contributed by atoms with Crippen molar-refractivity contribution >= 4 is 11.5 Å². The summed E-state index contributed by atoms with van der Waals surface area (Å²) in [6.45, 7) is 4.34. The van der Waals surface area contributed by atoms with Crippen molar-refractivity contribution < 1.29 is 9.53 Å². The molecule has 0 atom stereocenters. The highest BCUT2D eigenvalue weighted by Crippen LogP contribution is 2.49. The summed E-state index contributed by atoms with van der Waals surface area (Å²) in [4.78, 5) is 16.2. The standard InChI is InChI=1S/C20H21N3O2/c1-13-7-8-17-15(18(20(2)9-10-20)22-23(17)12-13)11-14-5-4-6-16(21-14)19(24)25-3/h4-8,12H,9-11H2,1-3H3. The Bertz CT molecular complexity index is 970. The maximum Gasteiger partial charge on any atom is 0.356 e. The van der Waals surface area contributed by atoms with Crippen molar-refractivity contribution in [3.05, 3.63) is 64.7 Å². The molecule has 0 bridgehead atoms. The molecule has 3 aromatic heterocycles. The summed E-state index contributed by atoms with van der Waals surface area (Å²) in [7, 11) is 1.37. The summed E-state index contributed by atoms with van der Waals surface area (Å²) in [6.07, 6.45) is 5.05. The Labute approximate surface area is 146 Å². The second-order valence-corrected chi connectivity index (χ2v) is 7.11. The van der Waals surface area contributed by atoms with Gasteiger partial charge < -0.3 is 4.74 Å². The number of hydrogen-bond acceptors (Lipinski definition) is 4. The van der Waals surface area contributed by atoms with Gasteiger partial charge in [0.05, 0.1) is 18.3 Å². The first-order valence-electron chi connectivity index (χ1n) is 8.53. The van der Waals surface area contributed by atoms with Gasteiger partial charge in [-0.05, 0) is 43.5 Å². The molecule has 5 nitrogen and oxygen atoms in total. The van der Waals surface area contributed by atoms with Gasteiger partial charge in [0.25, 0.3) is 0 Å². The van der Waals surface area contributed by atoms with Gasteiger partial charge in [-0.2, -0.15) is 5.10 Å². The van der Waals surface area contributed by atoms with Crippen LogP contribution in [0.1, 0.15) is 52.8 Å². The third kappa shape index (κ3) is 2.80. The first kappa shape index (κ1) is 15.8. The highest BCUT2D eigenvalue weighted by molar-refractivity contribution is 5.87. The minimum atomic E-state index is -0.410. The number of hydrogen-bond donors (Lipinski definition) is 0. The van der Waals surface area contributed by atoms with Crippen molar-refractivity contribution in [3.63, 3.8) is 0 Å². The van der Waals surface area contributed by atoms with Crippen LogP contribution in [0.4, 0.5) is 0 Å². The van der Waals surface area contributed by atoms with Crippen LogP contribution in [0.2, 0.25) is 0 Å². The maximum absolute atomic E-state index is 11.8. The minimum absolute atomic E-state index is 0.162. The first-order chi connectivity index (χ1) is 12.0. The molecular formula is C20H21N3O2. The fourth-order valence-electron chi connectivity index (χ4n) is 3.26. The molecule has 1 fully saturated rings. The monoisotopic (exact) mass is 335 g/mol. The van der Waals surface area contributed by atoms with E-state index >= 15 is 0 Å². The largest absolute Gasteiger partial charge is 0.464 e. The third-order valence-corrected chi connectivity index (χ3v) is 5.01. The summed E-state index contributed by atoms with van der Waals surface area (Å²) in [5.74, 6) is -0.410. The van der Waals surface area contributed by atoms with Crippen LogP contribution >= 0.6 is 0 Å². The van der Waals surface area contributed by atoms with E-state index in [0.717, 1.165) is 16.9 Å². The molecule has 1 aliphatic rings. The van der Waals surface area contributed by atoms with Gasteiger partial charge in [0, 0.05) is 29.3 Å². The number of ether oxygens (including phenoxy) is 1. The Balaban J connectivity index is 1.80. The molecule has 4 rings (SSSR count). The lowest BCUT2D eigenvalue weighted by atomic mass is 9.97. The van der Waals surface area contributed by atoms with E-state index in [1.54, 1.807) is 6.07 Å². The Morgan fingerprint density at radius 2 is 2.08 bits per heavy atom. The van der Waals surface area contributed by atoms with Crippen LogP contribution in [0.15, 0.2) is 36.5 Å². The lowest BCUT2D eigenvalue weighted by Gasteiger charge is -2.09. The van der Waals surface area contributed by atoms with Crippen molar-refractivity contribution in [2.75, 3.05) is 7.11 Å². The van der Waals surface area contributed by atoms with Crippen molar-refractivity contribution in [2.24, 2.45) is 0 Å². The molecule has 0 N–H and O–H groups in total. The molecule has 1 aliphatic carbocycles. The van der Waals surface area contributed by atoms with E-state index in [2.05, 4.69) is 37.2 Å². The van der Waals surface area contributed by atoms with E-state index in [4.69, 9.17) is 9.84 Å². The van der Waals surface area contributed by atoms with Crippen molar-refractivity contribution in [1.82, 2.24) is 14.6 Å². The Hall–Kier alpha value is -2.69. The Morgan fingerprint density at radius 1 is 1.28 bits per heavy atom. The van der Waals surface area contributed by atoms with E-state index < -0.39 is 5.97 Å². The van der Waals surface area contributed by atoms with Gasteiger partial charge >= 0.3 is 5.97 Å². The van der Waals surface area contributed by atoms with Crippen LogP contribution in [-0.2, 0) is 16.6 Å². The zero-order valence-electron chi connectivity index (χ0n) is 14.7. The normalized spacial score (nSPS) is 15.3. The Morgan fingerprint density at radius 3 is 2.80 bits per heavy atom. The highest BCUT2D eigenvalue weighted by Gasteiger charge is 2.43. The average Bonchev–Trinajstić information content (AvgIpc) is 3.26. The summed E-state index contributed by atoms with van der Waals surface area (Å²) in [6, 6.07) is 9.71. The fourth-order valence-corrected chi connectivity index (χ4v) is 3.26. The number of fused-ring (bicyclic) bond motifs is 1. The van der Waals surface area contributed by atoms with E-state index in [1.807, 2.05) is 16.6 Å². The predicted octanol–water partition coefficient (Wildman–Crippen LogP) is 3.47. The van der Waals surface area contributed by atoms with Crippen molar-refractivity contribution in [2.45, 2.75) is 38.5 Å². The van der Waals surface area contributed by atoms with Gasteiger partial charge in [0.1, 0.15) is 5.69 Å². The number of methoxy groups -OCH3 is 1. The van der Waals surface area contributed by atoms with Crippen LogP contribution < -0.4 is 0 Å². The molecule has 25 heavy (non-hydrogen) atoms. The van der Waals surface area contributed by atoms with Gasteiger partial charge in [-0.15, -0.1) is 0 Å². The zero-order chi connectivity index (χ0) is 17.6. The van der Waals surface area contributed by atoms with Crippen LogP contribution in [0.25, 0.3) is 5.52 Å². The van der Waals surface area contributed by atoms with Crippen molar-refractivity contribution in [1.29, 1.82) is 0 Å². The maximum atomic E-state index is 11.8. The van der Waals surface area contributed by atoms with Gasteiger partial charge in [-0.3, -0.25) is 0 Å². The van der Waals surface area contributed by atoms with E-state index in [0.29, 0.717) is 12.1 Å². The summed E-state index contributed by atoms with van der Waals surface area (Å²) in [5, 5.41) is 4.87. The number of rotatable bonds is 4. The van der Waals surface area contributed by atoms with Crippen molar-refractivity contribution in [3.8, 4) is 0 Å². The van der Waals surface area contributed by atoms with Crippen LogP contribution in [-0.4, -0.2) is 27.7 Å². The smallest absolute Gasteiger partial charge is 0.356 e. The molecule has 0 aliphatic heterocycles. The summed E-state index contributed by atoms with van der Waals surface area (Å²) < 4.78 is 6.76. The fraction of sp³-hybridized carbons (Fsp3) is 0.350. The molecular weight excluding hydrogens is 314 g/mol. The number of nitrogens with zero attached hydrogens (tertiary/aromatic N) is 3. The van der Waals surface area contributed by atoms with Gasteiger partial charge in [-0.25, -0.2) is 14.3 Å². The lowest BCUT2D eigenvalue weighted by Crippen LogP contribution is -2.08. The molecule has 3 heterocycles. The number of aryl methyl sites for hydroxylation is 1. The molecule has 0 aromatic carbocycles. The number of carbonyl (C=O) groups excluding carboxylic acids is 1. The first-order valence-corrected chi connectivity index (χ1v) is 8.53. The molecule has 0 spiro atoms. The van der Waals surface area contributed by atoms with Gasteiger partial charge in [-0.1, -0.05) is 19.1 Å². The number of esters is 1. The number of carbonyl (C=O) groups is 1. The summed E-state index contributed by atoms with van der Waals surface area (Å²) >= 11 is 0. The Kier molecular flexibility index (Phi) is 3.60. The predicted molar refractivity (Wildman–Crippen MR) is 94.9 cm³/mol. The van der Waals surface area contributed by atoms with Crippen LogP contribution in [0.3, 0.4) is 0 Å². The van der Waals surface area contributed by atoms with Gasteiger partial charge in [0.15, 0.2) is 0 Å². The molecule has 0 unspecified atom stereocenters. The number of pyridine rings is 2. The summed E-state index contributed by atoms with van der Waals surface area (Å²) in [5.41, 5.74) is 6.00. The van der Waals surface area contributed by atoms with Gasteiger partial charge in [0.2, 0.25) is 0 Å². The molecule has 3 aromatic rings. The van der Waals surface area contributed by atoms with E-state index in [-0.39, 0.29) is 5.41 Å². The minimum Gasteiger partial charge on any atom is -0.464 e. The topological polar surface area (TPSA) is 56.5 Å². The quantitative estimate of drug-likeness (QED) is 0.685. The van der Waals surface area contributed by atoms with E-state index in [1.165, 1.54) is 31.1 Å².